The first-order chi connectivity index (χ1) is 8.40. The number of amides is 1. The summed E-state index contributed by atoms with van der Waals surface area (Å²) in [6.45, 7) is 4.47. The highest BCUT2D eigenvalue weighted by molar-refractivity contribution is 5.93. The molecule has 1 aliphatic rings. The van der Waals surface area contributed by atoms with E-state index in [1.54, 1.807) is 22.7 Å². The molecule has 1 aliphatic heterocycles. The van der Waals surface area contributed by atoms with Crippen LogP contribution < -0.4 is 0 Å². The quantitative estimate of drug-likeness (QED) is 0.831. The molecule has 98 valence electrons. The van der Waals surface area contributed by atoms with Crippen LogP contribution in [0.5, 0.6) is 0 Å². The van der Waals surface area contributed by atoms with Crippen molar-refractivity contribution in [2.75, 3.05) is 13.1 Å². The summed E-state index contributed by atoms with van der Waals surface area (Å²) in [5.74, 6) is -1.51. The molecule has 0 aliphatic carbocycles. The van der Waals surface area contributed by atoms with E-state index in [0.29, 0.717) is 12.2 Å². The van der Waals surface area contributed by atoms with E-state index in [0.717, 1.165) is 5.69 Å². The highest BCUT2D eigenvalue weighted by Gasteiger charge is 2.37. The number of aromatic nitrogens is 2. The van der Waals surface area contributed by atoms with Gasteiger partial charge in [0, 0.05) is 25.8 Å². The van der Waals surface area contributed by atoms with Gasteiger partial charge in [-0.05, 0) is 18.9 Å². The predicted octanol–water partition coefficient (Wildman–Crippen LogP) is 0.521. The first-order valence-electron chi connectivity index (χ1n) is 5.93. The topological polar surface area (TPSA) is 75.4 Å². The molecule has 0 spiro atoms. The van der Waals surface area contributed by atoms with Crippen molar-refractivity contribution in [3.63, 3.8) is 0 Å². The summed E-state index contributed by atoms with van der Waals surface area (Å²) in [7, 11) is 1.78. The molecule has 1 saturated heterocycles. The van der Waals surface area contributed by atoms with Crippen molar-refractivity contribution in [1.29, 1.82) is 0 Å². The zero-order valence-corrected chi connectivity index (χ0v) is 10.8. The molecule has 1 N–H and O–H groups in total. The van der Waals surface area contributed by atoms with Crippen LogP contribution >= 0.6 is 0 Å². The Labute approximate surface area is 105 Å². The number of aliphatic carboxylic acids is 1. The van der Waals surface area contributed by atoms with Gasteiger partial charge in [0.25, 0.3) is 5.91 Å². The molecule has 2 atom stereocenters. The Morgan fingerprint density at radius 3 is 2.56 bits per heavy atom. The number of rotatable bonds is 2. The van der Waals surface area contributed by atoms with Crippen LogP contribution in [0.3, 0.4) is 0 Å². The average Bonchev–Trinajstić information content (AvgIpc) is 2.82. The molecular weight excluding hydrogens is 234 g/mol. The molecule has 1 aromatic rings. The van der Waals surface area contributed by atoms with E-state index < -0.39 is 11.9 Å². The molecule has 0 bridgehead atoms. The van der Waals surface area contributed by atoms with Gasteiger partial charge in [0.2, 0.25) is 0 Å². The molecule has 1 amide bonds. The van der Waals surface area contributed by atoms with E-state index in [4.69, 9.17) is 5.11 Å². The summed E-state index contributed by atoms with van der Waals surface area (Å²) < 4.78 is 1.64. The second kappa shape index (κ2) is 4.44. The molecule has 2 rings (SSSR count). The summed E-state index contributed by atoms with van der Waals surface area (Å²) in [4.78, 5) is 24.8. The van der Waals surface area contributed by atoms with Gasteiger partial charge in [0.05, 0.1) is 5.92 Å². The molecular formula is C12H17N3O3. The lowest BCUT2D eigenvalue weighted by molar-refractivity contribution is -0.142. The van der Waals surface area contributed by atoms with Crippen molar-refractivity contribution in [1.82, 2.24) is 14.7 Å². The molecule has 0 aromatic carbocycles. The SMILES string of the molecule is Cc1cc(C(=O)N2C[C@@H](C)[C@H](C(=O)O)C2)nn1C. The summed E-state index contributed by atoms with van der Waals surface area (Å²) >= 11 is 0. The summed E-state index contributed by atoms with van der Waals surface area (Å²) in [6, 6.07) is 1.72. The van der Waals surface area contributed by atoms with Crippen molar-refractivity contribution in [3.8, 4) is 0 Å². The summed E-state index contributed by atoms with van der Waals surface area (Å²) in [5.41, 5.74) is 1.29. The first kappa shape index (κ1) is 12.6. The second-order valence-electron chi connectivity index (χ2n) is 4.93. The number of carbonyl (C=O) groups is 2. The zero-order valence-electron chi connectivity index (χ0n) is 10.8. The van der Waals surface area contributed by atoms with Crippen molar-refractivity contribution >= 4 is 11.9 Å². The number of carboxylic acids is 1. The number of carboxylic acid groups (broad SMARTS) is 1. The van der Waals surface area contributed by atoms with Crippen LogP contribution in [0, 0.1) is 18.8 Å². The fourth-order valence-corrected chi connectivity index (χ4v) is 2.28. The second-order valence-corrected chi connectivity index (χ2v) is 4.93. The van der Waals surface area contributed by atoms with Gasteiger partial charge < -0.3 is 10.0 Å². The van der Waals surface area contributed by atoms with Crippen LogP contribution in [0.25, 0.3) is 0 Å². The minimum absolute atomic E-state index is 0.0174. The van der Waals surface area contributed by atoms with Gasteiger partial charge in [-0.3, -0.25) is 14.3 Å². The fourth-order valence-electron chi connectivity index (χ4n) is 2.28. The molecule has 0 unspecified atom stereocenters. The number of carbonyl (C=O) groups excluding carboxylic acids is 1. The minimum atomic E-state index is -0.838. The fraction of sp³-hybridized carbons (Fsp3) is 0.583. The number of hydrogen-bond acceptors (Lipinski definition) is 3. The predicted molar refractivity (Wildman–Crippen MR) is 64.1 cm³/mol. The smallest absolute Gasteiger partial charge is 0.308 e. The molecule has 2 heterocycles. The Kier molecular flexibility index (Phi) is 3.11. The first-order valence-corrected chi connectivity index (χ1v) is 5.93. The number of likely N-dealkylation sites (tertiary alicyclic amines) is 1. The maximum atomic E-state index is 12.2. The standard InChI is InChI=1S/C12H17N3O3/c1-7-5-15(6-9(7)12(17)18)11(16)10-4-8(2)14(3)13-10/h4,7,9H,5-6H2,1-3H3,(H,17,18)/t7-,9-/m1/s1. The highest BCUT2D eigenvalue weighted by atomic mass is 16.4. The summed E-state index contributed by atoms with van der Waals surface area (Å²) in [5, 5.41) is 13.2. The summed E-state index contributed by atoms with van der Waals surface area (Å²) in [6.07, 6.45) is 0. The van der Waals surface area contributed by atoms with Crippen LogP contribution in [0.15, 0.2) is 6.07 Å². The molecule has 6 heteroatoms. The molecule has 1 fully saturated rings. The Morgan fingerprint density at radius 2 is 2.11 bits per heavy atom. The van der Waals surface area contributed by atoms with Crippen molar-refractivity contribution in [2.45, 2.75) is 13.8 Å². The number of hydrogen-bond donors (Lipinski definition) is 1. The van der Waals surface area contributed by atoms with E-state index >= 15 is 0 Å². The minimum Gasteiger partial charge on any atom is -0.481 e. The molecule has 6 nitrogen and oxygen atoms in total. The van der Waals surface area contributed by atoms with Crippen LogP contribution in [-0.2, 0) is 11.8 Å². The Morgan fingerprint density at radius 1 is 1.44 bits per heavy atom. The maximum Gasteiger partial charge on any atom is 0.308 e. The van der Waals surface area contributed by atoms with E-state index in [9.17, 15) is 9.59 Å². The van der Waals surface area contributed by atoms with Crippen molar-refractivity contribution < 1.29 is 14.7 Å². The lowest BCUT2D eigenvalue weighted by atomic mass is 9.99. The van der Waals surface area contributed by atoms with E-state index in [1.807, 2.05) is 13.8 Å². The van der Waals surface area contributed by atoms with Gasteiger partial charge >= 0.3 is 5.97 Å². The molecule has 1 aromatic heterocycles. The van der Waals surface area contributed by atoms with Crippen LogP contribution in [0.2, 0.25) is 0 Å². The normalized spacial score (nSPS) is 23.4. The van der Waals surface area contributed by atoms with Gasteiger partial charge in [-0.2, -0.15) is 5.10 Å². The Balaban J connectivity index is 2.14. The third kappa shape index (κ3) is 2.10. The Hall–Kier alpha value is -1.85. The number of aryl methyl sites for hydroxylation is 2. The lowest BCUT2D eigenvalue weighted by Crippen LogP contribution is -2.30. The highest BCUT2D eigenvalue weighted by Crippen LogP contribution is 2.24. The van der Waals surface area contributed by atoms with Crippen LogP contribution in [-0.4, -0.2) is 44.8 Å². The van der Waals surface area contributed by atoms with E-state index in [1.165, 1.54) is 0 Å². The molecule has 0 radical (unpaired) electrons. The van der Waals surface area contributed by atoms with Gasteiger partial charge in [0.15, 0.2) is 5.69 Å². The molecule has 0 saturated carbocycles. The van der Waals surface area contributed by atoms with E-state index in [-0.39, 0.29) is 18.4 Å². The lowest BCUT2D eigenvalue weighted by Gasteiger charge is -2.13. The zero-order chi connectivity index (χ0) is 13.4. The van der Waals surface area contributed by atoms with Gasteiger partial charge in [-0.25, -0.2) is 0 Å². The average molecular weight is 251 g/mol. The van der Waals surface area contributed by atoms with Crippen LogP contribution in [0.1, 0.15) is 23.1 Å². The largest absolute Gasteiger partial charge is 0.481 e. The number of nitrogens with zero attached hydrogens (tertiary/aromatic N) is 3. The van der Waals surface area contributed by atoms with E-state index in [2.05, 4.69) is 5.10 Å². The third-order valence-corrected chi connectivity index (χ3v) is 3.55. The van der Waals surface area contributed by atoms with Crippen LogP contribution in [0.4, 0.5) is 0 Å². The van der Waals surface area contributed by atoms with Gasteiger partial charge in [-0.15, -0.1) is 0 Å². The van der Waals surface area contributed by atoms with Crippen molar-refractivity contribution in [2.24, 2.45) is 18.9 Å². The van der Waals surface area contributed by atoms with Gasteiger partial charge in [-0.1, -0.05) is 6.92 Å². The third-order valence-electron chi connectivity index (χ3n) is 3.55. The molecule has 18 heavy (non-hydrogen) atoms. The van der Waals surface area contributed by atoms with Gasteiger partial charge in [0.1, 0.15) is 0 Å². The maximum absolute atomic E-state index is 12.2. The Bertz CT molecular complexity index is 475. The monoisotopic (exact) mass is 251 g/mol. The van der Waals surface area contributed by atoms with Crippen molar-refractivity contribution in [3.05, 3.63) is 17.5 Å².